The molecular formula is C17H14O5. The van der Waals surface area contributed by atoms with Crippen molar-refractivity contribution in [2.75, 3.05) is 7.11 Å². The Hall–Kier alpha value is -2.95. The summed E-state index contributed by atoms with van der Waals surface area (Å²) < 4.78 is 16.0. The summed E-state index contributed by atoms with van der Waals surface area (Å²) in [5, 5.41) is 10.2. The summed E-state index contributed by atoms with van der Waals surface area (Å²) in [6, 6.07) is 13.1. The van der Waals surface area contributed by atoms with Gasteiger partial charge in [-0.2, -0.15) is 0 Å². The first-order valence-corrected chi connectivity index (χ1v) is 6.68. The summed E-state index contributed by atoms with van der Waals surface area (Å²) in [5.41, 5.74) is 0.725. The number of aromatic hydroxyl groups is 1. The summed E-state index contributed by atoms with van der Waals surface area (Å²) in [4.78, 5) is 11.6. The van der Waals surface area contributed by atoms with Gasteiger partial charge in [0.05, 0.1) is 7.11 Å². The molecule has 0 amide bonds. The van der Waals surface area contributed by atoms with Crippen LogP contribution in [0.2, 0.25) is 0 Å². The minimum Gasteiger partial charge on any atom is -0.508 e. The summed E-state index contributed by atoms with van der Waals surface area (Å²) in [7, 11) is 1.57. The first kappa shape index (κ1) is 14.0. The van der Waals surface area contributed by atoms with Crippen LogP contribution >= 0.6 is 0 Å². The number of hydrogen-bond donors (Lipinski definition) is 1. The van der Waals surface area contributed by atoms with E-state index in [0.717, 1.165) is 5.39 Å². The minimum absolute atomic E-state index is 0.122. The lowest BCUT2D eigenvalue weighted by atomic mass is 10.1. The smallest absolute Gasteiger partial charge is 0.336 e. The fourth-order valence-corrected chi connectivity index (χ4v) is 2.19. The van der Waals surface area contributed by atoms with Crippen LogP contribution in [-0.4, -0.2) is 12.2 Å². The molecule has 0 saturated heterocycles. The summed E-state index contributed by atoms with van der Waals surface area (Å²) in [6.45, 7) is 0.179. The van der Waals surface area contributed by atoms with Crippen molar-refractivity contribution in [3.8, 4) is 17.2 Å². The zero-order valence-corrected chi connectivity index (χ0v) is 11.9. The maximum atomic E-state index is 11.6. The van der Waals surface area contributed by atoms with Crippen LogP contribution in [-0.2, 0) is 6.61 Å². The number of phenols is 1. The van der Waals surface area contributed by atoms with Gasteiger partial charge in [0.25, 0.3) is 0 Å². The van der Waals surface area contributed by atoms with E-state index in [-0.39, 0.29) is 12.4 Å². The van der Waals surface area contributed by atoms with Gasteiger partial charge in [-0.05, 0) is 30.3 Å². The Morgan fingerprint density at radius 2 is 1.95 bits per heavy atom. The number of fused-ring (bicyclic) bond motifs is 1. The quantitative estimate of drug-likeness (QED) is 0.750. The van der Waals surface area contributed by atoms with Gasteiger partial charge in [-0.1, -0.05) is 6.07 Å². The molecule has 112 valence electrons. The normalized spacial score (nSPS) is 10.6. The van der Waals surface area contributed by atoms with Crippen molar-refractivity contribution in [3.05, 3.63) is 64.5 Å². The Bertz CT molecular complexity index is 866. The van der Waals surface area contributed by atoms with Crippen LogP contribution in [0, 0.1) is 0 Å². The van der Waals surface area contributed by atoms with Crippen molar-refractivity contribution in [1.29, 1.82) is 0 Å². The molecule has 3 aromatic rings. The second-order valence-electron chi connectivity index (χ2n) is 4.74. The first-order valence-electron chi connectivity index (χ1n) is 6.68. The molecule has 0 aliphatic rings. The molecule has 0 bridgehead atoms. The molecule has 0 radical (unpaired) electrons. The van der Waals surface area contributed by atoms with E-state index in [1.54, 1.807) is 43.5 Å². The fraction of sp³-hybridized carbons (Fsp3) is 0.118. The van der Waals surface area contributed by atoms with E-state index in [0.29, 0.717) is 22.6 Å². The van der Waals surface area contributed by atoms with Crippen LogP contribution in [0.1, 0.15) is 5.56 Å². The van der Waals surface area contributed by atoms with Crippen LogP contribution in [0.5, 0.6) is 17.2 Å². The van der Waals surface area contributed by atoms with Crippen molar-refractivity contribution < 1.29 is 19.0 Å². The molecule has 0 atom stereocenters. The lowest BCUT2D eigenvalue weighted by Crippen LogP contribution is -2.04. The van der Waals surface area contributed by atoms with E-state index in [1.165, 1.54) is 12.1 Å². The third-order valence-electron chi connectivity index (χ3n) is 3.25. The highest BCUT2D eigenvalue weighted by Crippen LogP contribution is 2.24. The number of hydrogen-bond acceptors (Lipinski definition) is 5. The molecule has 3 rings (SSSR count). The average Bonchev–Trinajstić information content (AvgIpc) is 2.52. The monoisotopic (exact) mass is 298 g/mol. The molecule has 0 aliphatic heterocycles. The standard InChI is InChI=1S/C17H14O5/c1-20-13-5-6-16-15(9-13)11(7-17(19)22-16)10-21-14-4-2-3-12(18)8-14/h2-9,18H,10H2,1H3. The van der Waals surface area contributed by atoms with E-state index in [1.807, 2.05) is 0 Å². The fourth-order valence-electron chi connectivity index (χ4n) is 2.19. The van der Waals surface area contributed by atoms with Gasteiger partial charge in [0.2, 0.25) is 0 Å². The van der Waals surface area contributed by atoms with Gasteiger partial charge in [-0.25, -0.2) is 4.79 Å². The second kappa shape index (κ2) is 5.81. The molecule has 1 aromatic heterocycles. The van der Waals surface area contributed by atoms with Gasteiger partial charge >= 0.3 is 5.63 Å². The van der Waals surface area contributed by atoms with Crippen molar-refractivity contribution in [2.24, 2.45) is 0 Å². The third-order valence-corrected chi connectivity index (χ3v) is 3.25. The van der Waals surface area contributed by atoms with Crippen LogP contribution in [0.4, 0.5) is 0 Å². The molecule has 0 saturated carbocycles. The highest BCUT2D eigenvalue weighted by molar-refractivity contribution is 5.81. The topological polar surface area (TPSA) is 68.9 Å². The lowest BCUT2D eigenvalue weighted by Gasteiger charge is -2.09. The number of ether oxygens (including phenoxy) is 2. The van der Waals surface area contributed by atoms with Crippen LogP contribution in [0.15, 0.2) is 57.7 Å². The van der Waals surface area contributed by atoms with Gasteiger partial charge in [0.1, 0.15) is 29.4 Å². The predicted octanol–water partition coefficient (Wildman–Crippen LogP) is 3.09. The molecule has 1 N–H and O–H groups in total. The van der Waals surface area contributed by atoms with E-state index < -0.39 is 5.63 Å². The van der Waals surface area contributed by atoms with Crippen LogP contribution in [0.25, 0.3) is 11.0 Å². The number of methoxy groups -OCH3 is 1. The first-order chi connectivity index (χ1) is 10.7. The van der Waals surface area contributed by atoms with Crippen LogP contribution in [0.3, 0.4) is 0 Å². The zero-order valence-electron chi connectivity index (χ0n) is 11.9. The highest BCUT2D eigenvalue weighted by atomic mass is 16.5. The summed E-state index contributed by atoms with van der Waals surface area (Å²) in [5.74, 6) is 1.31. The van der Waals surface area contributed by atoms with Gasteiger partial charge in [0.15, 0.2) is 0 Å². The highest BCUT2D eigenvalue weighted by Gasteiger charge is 2.08. The van der Waals surface area contributed by atoms with Crippen molar-refractivity contribution in [2.45, 2.75) is 6.61 Å². The number of phenolic OH excluding ortho intramolecular Hbond substituents is 1. The van der Waals surface area contributed by atoms with Gasteiger partial charge in [-0.15, -0.1) is 0 Å². The Morgan fingerprint density at radius 3 is 2.73 bits per heavy atom. The molecule has 0 aliphatic carbocycles. The maximum Gasteiger partial charge on any atom is 0.336 e. The molecule has 0 unspecified atom stereocenters. The molecule has 0 fully saturated rings. The Balaban J connectivity index is 1.96. The molecule has 5 heteroatoms. The largest absolute Gasteiger partial charge is 0.508 e. The Morgan fingerprint density at radius 1 is 1.09 bits per heavy atom. The third kappa shape index (κ3) is 2.88. The van der Waals surface area contributed by atoms with Crippen molar-refractivity contribution in [3.63, 3.8) is 0 Å². The summed E-state index contributed by atoms with van der Waals surface area (Å²) >= 11 is 0. The molecule has 22 heavy (non-hydrogen) atoms. The maximum absolute atomic E-state index is 11.6. The van der Waals surface area contributed by atoms with Crippen LogP contribution < -0.4 is 15.1 Å². The zero-order chi connectivity index (χ0) is 15.5. The predicted molar refractivity (Wildman–Crippen MR) is 81.5 cm³/mol. The minimum atomic E-state index is -0.438. The Kier molecular flexibility index (Phi) is 3.70. The lowest BCUT2D eigenvalue weighted by molar-refractivity contribution is 0.305. The van der Waals surface area contributed by atoms with E-state index in [4.69, 9.17) is 13.9 Å². The average molecular weight is 298 g/mol. The molecule has 5 nitrogen and oxygen atoms in total. The molecular weight excluding hydrogens is 284 g/mol. The molecule has 2 aromatic carbocycles. The van der Waals surface area contributed by atoms with Crippen molar-refractivity contribution >= 4 is 11.0 Å². The number of benzene rings is 2. The van der Waals surface area contributed by atoms with E-state index >= 15 is 0 Å². The van der Waals surface area contributed by atoms with E-state index in [9.17, 15) is 9.90 Å². The second-order valence-corrected chi connectivity index (χ2v) is 4.74. The van der Waals surface area contributed by atoms with Gasteiger partial charge in [0, 0.05) is 23.1 Å². The number of rotatable bonds is 4. The molecule has 1 heterocycles. The molecule has 0 spiro atoms. The van der Waals surface area contributed by atoms with Gasteiger partial charge < -0.3 is 19.0 Å². The Labute approximate surface area is 126 Å². The van der Waals surface area contributed by atoms with E-state index in [2.05, 4.69) is 0 Å². The van der Waals surface area contributed by atoms with Crippen molar-refractivity contribution in [1.82, 2.24) is 0 Å². The van der Waals surface area contributed by atoms with Gasteiger partial charge in [-0.3, -0.25) is 0 Å². The SMILES string of the molecule is COc1ccc2oc(=O)cc(COc3cccc(O)c3)c2c1. The summed E-state index contributed by atoms with van der Waals surface area (Å²) in [6.07, 6.45) is 0.